The van der Waals surface area contributed by atoms with Crippen LogP contribution in [0.1, 0.15) is 0 Å². The number of thioether (sulfide) groups is 1. The predicted octanol–water partition coefficient (Wildman–Crippen LogP) is 2.77. The molecule has 0 bridgehead atoms. The summed E-state index contributed by atoms with van der Waals surface area (Å²) in [6, 6.07) is 19.5. The van der Waals surface area contributed by atoms with E-state index in [-0.39, 0.29) is 22.1 Å². The third-order valence-corrected chi connectivity index (χ3v) is 6.74. The number of ether oxygens (including phenoxy) is 1. The fourth-order valence-electron chi connectivity index (χ4n) is 3.22. The highest BCUT2D eigenvalue weighted by atomic mass is 32.2. The molecule has 0 aliphatic rings. The number of hydrogen-bond acceptors (Lipinski definition) is 7. The first kappa shape index (κ1) is 23.5. The Morgan fingerprint density at radius 3 is 2.38 bits per heavy atom. The van der Waals surface area contributed by atoms with Crippen LogP contribution in [-0.2, 0) is 14.8 Å². The lowest BCUT2D eigenvalue weighted by Gasteiger charge is -2.13. The van der Waals surface area contributed by atoms with Crippen LogP contribution in [0.3, 0.4) is 0 Å². The van der Waals surface area contributed by atoms with Gasteiger partial charge in [0.15, 0.2) is 5.16 Å². The minimum atomic E-state index is -3.82. The van der Waals surface area contributed by atoms with Crippen molar-refractivity contribution in [3.63, 3.8) is 0 Å². The number of benzene rings is 3. The van der Waals surface area contributed by atoms with Crippen LogP contribution in [0.25, 0.3) is 16.6 Å². The number of anilines is 1. The van der Waals surface area contributed by atoms with Crippen molar-refractivity contribution in [1.29, 1.82) is 0 Å². The summed E-state index contributed by atoms with van der Waals surface area (Å²) in [5.74, 6) is 0.266. The van der Waals surface area contributed by atoms with E-state index in [0.717, 1.165) is 11.8 Å². The van der Waals surface area contributed by atoms with Crippen LogP contribution in [0.15, 0.2) is 87.6 Å². The molecule has 0 unspecified atom stereocenters. The van der Waals surface area contributed by atoms with Crippen molar-refractivity contribution in [2.75, 3.05) is 18.2 Å². The molecule has 3 N–H and O–H groups in total. The summed E-state index contributed by atoms with van der Waals surface area (Å²) in [6.07, 6.45) is 0. The molecule has 1 amide bonds. The molecule has 0 radical (unpaired) electrons. The third-order valence-electron chi connectivity index (χ3n) is 4.87. The standard InChI is InChI=1S/C23H20N4O5S2/c1-32-17-10-8-16(9-11-17)27-22(29)19-4-2-3-5-20(19)26-23(27)33-14-21(28)25-15-6-12-18(13-7-15)34(24,30)31/h2-13H,14H2,1H3,(H,25,28)(H2,24,30,31). The Morgan fingerprint density at radius 1 is 1.06 bits per heavy atom. The molecule has 1 heterocycles. The van der Waals surface area contributed by atoms with Gasteiger partial charge in [-0.05, 0) is 60.7 Å². The summed E-state index contributed by atoms with van der Waals surface area (Å²) >= 11 is 1.11. The van der Waals surface area contributed by atoms with Crippen LogP contribution < -0.4 is 20.8 Å². The summed E-state index contributed by atoms with van der Waals surface area (Å²) in [5.41, 5.74) is 1.28. The van der Waals surface area contributed by atoms with Gasteiger partial charge in [-0.25, -0.2) is 18.5 Å². The van der Waals surface area contributed by atoms with E-state index in [1.807, 2.05) is 0 Å². The summed E-state index contributed by atoms with van der Waals surface area (Å²) in [6.45, 7) is 0. The van der Waals surface area contributed by atoms with E-state index in [1.54, 1.807) is 55.6 Å². The van der Waals surface area contributed by atoms with Crippen molar-refractivity contribution in [3.8, 4) is 11.4 Å². The van der Waals surface area contributed by atoms with Crippen molar-refractivity contribution in [3.05, 3.63) is 83.2 Å². The van der Waals surface area contributed by atoms with Crippen molar-refractivity contribution in [2.24, 2.45) is 5.14 Å². The van der Waals surface area contributed by atoms with Crippen molar-refractivity contribution >= 4 is 44.3 Å². The SMILES string of the molecule is COc1ccc(-n2c(SCC(=O)Nc3ccc(S(N)(=O)=O)cc3)nc3ccccc3c2=O)cc1. The first-order valence-electron chi connectivity index (χ1n) is 9.98. The molecule has 11 heteroatoms. The normalized spacial score (nSPS) is 11.4. The fourth-order valence-corrected chi connectivity index (χ4v) is 4.55. The molecular formula is C23H20N4O5S2. The van der Waals surface area contributed by atoms with Gasteiger partial charge >= 0.3 is 0 Å². The van der Waals surface area contributed by atoms with Gasteiger partial charge in [0.1, 0.15) is 5.75 Å². The molecule has 9 nitrogen and oxygen atoms in total. The fraction of sp³-hybridized carbons (Fsp3) is 0.0870. The van der Waals surface area contributed by atoms with Gasteiger partial charge in [-0.15, -0.1) is 0 Å². The van der Waals surface area contributed by atoms with Crippen LogP contribution in [0.5, 0.6) is 5.75 Å². The molecule has 0 saturated carbocycles. The van der Waals surface area contributed by atoms with Crippen LogP contribution in [0, 0.1) is 0 Å². The van der Waals surface area contributed by atoms with E-state index in [0.29, 0.717) is 33.2 Å². The number of carbonyl (C=O) groups is 1. The molecule has 0 atom stereocenters. The molecule has 0 aliphatic heterocycles. The smallest absolute Gasteiger partial charge is 0.266 e. The molecule has 0 saturated heterocycles. The van der Waals surface area contributed by atoms with Gasteiger partial charge in [-0.3, -0.25) is 14.2 Å². The molecule has 3 aromatic carbocycles. The van der Waals surface area contributed by atoms with E-state index in [9.17, 15) is 18.0 Å². The van der Waals surface area contributed by atoms with Crippen LogP contribution in [-0.4, -0.2) is 36.7 Å². The predicted molar refractivity (Wildman–Crippen MR) is 131 cm³/mol. The Balaban J connectivity index is 1.60. The number of primary sulfonamides is 1. The Labute approximate surface area is 199 Å². The maximum atomic E-state index is 13.3. The van der Waals surface area contributed by atoms with E-state index in [2.05, 4.69) is 10.3 Å². The van der Waals surface area contributed by atoms with E-state index < -0.39 is 10.0 Å². The van der Waals surface area contributed by atoms with Crippen molar-refractivity contribution < 1.29 is 17.9 Å². The molecule has 0 fully saturated rings. The third kappa shape index (κ3) is 5.11. The van der Waals surface area contributed by atoms with E-state index in [4.69, 9.17) is 9.88 Å². The van der Waals surface area contributed by atoms with Gasteiger partial charge in [0.05, 0.1) is 34.3 Å². The highest BCUT2D eigenvalue weighted by Gasteiger charge is 2.15. The number of nitrogens with one attached hydrogen (secondary N) is 1. The van der Waals surface area contributed by atoms with E-state index in [1.165, 1.54) is 28.8 Å². The second-order valence-corrected chi connectivity index (χ2v) is 9.66. The lowest BCUT2D eigenvalue weighted by molar-refractivity contribution is -0.113. The molecule has 1 aromatic heterocycles. The van der Waals surface area contributed by atoms with E-state index >= 15 is 0 Å². The first-order valence-corrected chi connectivity index (χ1v) is 12.5. The number of para-hydroxylation sites is 1. The quantitative estimate of drug-likeness (QED) is 0.297. The molecule has 0 spiro atoms. The Bertz CT molecular complexity index is 1520. The molecule has 34 heavy (non-hydrogen) atoms. The van der Waals surface area contributed by atoms with Gasteiger partial charge in [-0.2, -0.15) is 0 Å². The number of aromatic nitrogens is 2. The maximum absolute atomic E-state index is 13.3. The minimum Gasteiger partial charge on any atom is -0.497 e. The molecule has 174 valence electrons. The number of hydrogen-bond donors (Lipinski definition) is 2. The molecule has 4 aromatic rings. The Hall–Kier alpha value is -3.67. The van der Waals surface area contributed by atoms with Gasteiger partial charge in [0.25, 0.3) is 5.56 Å². The second kappa shape index (κ2) is 9.67. The highest BCUT2D eigenvalue weighted by molar-refractivity contribution is 7.99. The average Bonchev–Trinajstić information content (AvgIpc) is 2.83. The van der Waals surface area contributed by atoms with Gasteiger partial charge < -0.3 is 10.1 Å². The summed E-state index contributed by atoms with van der Waals surface area (Å²) in [4.78, 5) is 30.4. The van der Waals surface area contributed by atoms with Crippen LogP contribution in [0.4, 0.5) is 5.69 Å². The average molecular weight is 497 g/mol. The number of nitrogens with two attached hydrogens (primary N) is 1. The monoisotopic (exact) mass is 496 g/mol. The largest absolute Gasteiger partial charge is 0.497 e. The highest BCUT2D eigenvalue weighted by Crippen LogP contribution is 2.23. The zero-order chi connectivity index (χ0) is 24.3. The topological polar surface area (TPSA) is 133 Å². The minimum absolute atomic E-state index is 0.0299. The zero-order valence-corrected chi connectivity index (χ0v) is 19.6. The first-order chi connectivity index (χ1) is 16.3. The number of amides is 1. The Kier molecular flexibility index (Phi) is 6.68. The zero-order valence-electron chi connectivity index (χ0n) is 18.0. The number of rotatable bonds is 7. The van der Waals surface area contributed by atoms with Crippen LogP contribution >= 0.6 is 11.8 Å². The second-order valence-electron chi connectivity index (χ2n) is 7.16. The number of sulfonamides is 1. The van der Waals surface area contributed by atoms with Crippen molar-refractivity contribution in [2.45, 2.75) is 10.1 Å². The maximum Gasteiger partial charge on any atom is 0.266 e. The molecular weight excluding hydrogens is 476 g/mol. The lowest BCUT2D eigenvalue weighted by Crippen LogP contribution is -2.23. The number of fused-ring (bicyclic) bond motifs is 1. The van der Waals surface area contributed by atoms with Gasteiger partial charge in [-0.1, -0.05) is 23.9 Å². The summed E-state index contributed by atoms with van der Waals surface area (Å²) in [5, 5.41) is 8.60. The molecule has 4 rings (SSSR count). The number of nitrogens with zero attached hydrogens (tertiary/aromatic N) is 2. The Morgan fingerprint density at radius 2 is 1.74 bits per heavy atom. The number of carbonyl (C=O) groups excluding carboxylic acids is 1. The summed E-state index contributed by atoms with van der Waals surface area (Å²) in [7, 11) is -2.26. The van der Waals surface area contributed by atoms with Crippen molar-refractivity contribution in [1.82, 2.24) is 9.55 Å². The lowest BCUT2D eigenvalue weighted by atomic mass is 10.2. The molecule has 0 aliphatic carbocycles. The summed E-state index contributed by atoms with van der Waals surface area (Å²) < 4.78 is 29.4. The van der Waals surface area contributed by atoms with Gasteiger partial charge in [0.2, 0.25) is 15.9 Å². The van der Waals surface area contributed by atoms with Crippen LogP contribution in [0.2, 0.25) is 0 Å². The number of methoxy groups -OCH3 is 1. The van der Waals surface area contributed by atoms with Gasteiger partial charge in [0, 0.05) is 5.69 Å².